The lowest BCUT2D eigenvalue weighted by Crippen LogP contribution is -2.39. The zero-order chi connectivity index (χ0) is 27.0. The number of hydrogen-bond donors (Lipinski definition) is 0. The predicted molar refractivity (Wildman–Crippen MR) is 160 cm³/mol. The quantitative estimate of drug-likeness (QED) is 0.171. The third-order valence-electron chi connectivity index (χ3n) is 7.22. The molecule has 1 amide bonds. The van der Waals surface area contributed by atoms with Crippen molar-refractivity contribution in [2.24, 2.45) is 0 Å². The molecule has 0 atom stereocenters. The van der Waals surface area contributed by atoms with Gasteiger partial charge in [-0.05, 0) is 79.2 Å². The van der Waals surface area contributed by atoms with Gasteiger partial charge in [-0.3, -0.25) is 9.78 Å². The van der Waals surface area contributed by atoms with Gasteiger partial charge in [0.25, 0.3) is 5.91 Å². The molecule has 1 heterocycles. The van der Waals surface area contributed by atoms with Crippen molar-refractivity contribution in [2.75, 3.05) is 26.2 Å². The number of benzene rings is 2. The van der Waals surface area contributed by atoms with Crippen LogP contribution < -0.4 is 0 Å². The van der Waals surface area contributed by atoms with Crippen molar-refractivity contribution < 1.29 is 4.79 Å². The Balaban J connectivity index is 1.74. The number of carbonyl (C=O) groups excluding carboxylic acids is 1. The Morgan fingerprint density at radius 3 is 1.95 bits per heavy atom. The number of rotatable bonds is 17. The molecule has 204 valence electrons. The van der Waals surface area contributed by atoms with E-state index in [2.05, 4.69) is 73.1 Å². The first-order valence-electron chi connectivity index (χ1n) is 14.7. The summed E-state index contributed by atoms with van der Waals surface area (Å²) in [4.78, 5) is 22.6. The highest BCUT2D eigenvalue weighted by Crippen LogP contribution is 2.20. The number of aryl methyl sites for hydroxylation is 1. The molecule has 0 radical (unpaired) electrons. The summed E-state index contributed by atoms with van der Waals surface area (Å²) in [6, 6.07) is 20.9. The number of amides is 1. The van der Waals surface area contributed by atoms with Gasteiger partial charge in [0.2, 0.25) is 0 Å². The van der Waals surface area contributed by atoms with Crippen molar-refractivity contribution in [2.45, 2.75) is 78.7 Å². The van der Waals surface area contributed by atoms with Crippen molar-refractivity contribution in [3.05, 3.63) is 89.7 Å². The Morgan fingerprint density at radius 2 is 1.34 bits per heavy atom. The Morgan fingerprint density at radius 1 is 0.684 bits per heavy atom. The molecule has 0 fully saturated rings. The van der Waals surface area contributed by atoms with Crippen LogP contribution in [0, 0.1) is 0 Å². The molecule has 4 nitrogen and oxygen atoms in total. The minimum Gasteiger partial charge on any atom is -0.333 e. The summed E-state index contributed by atoms with van der Waals surface area (Å²) >= 11 is 0. The minimum absolute atomic E-state index is 0.118. The van der Waals surface area contributed by atoms with E-state index in [0.717, 1.165) is 54.9 Å². The van der Waals surface area contributed by atoms with E-state index in [1.807, 2.05) is 29.3 Å². The molecule has 0 N–H and O–H groups in total. The SMILES string of the molecule is CCCCCc1ccc(C(=O)N(CCN(CCCC)CCCC)Cc2ccc(-c3cccnc3)cc2)cc1. The number of unbranched alkanes of at least 4 members (excludes halogenated alkanes) is 4. The number of carbonyl (C=O) groups is 1. The van der Waals surface area contributed by atoms with Crippen LogP contribution in [-0.4, -0.2) is 46.9 Å². The Bertz CT molecular complexity index is 1040. The summed E-state index contributed by atoms with van der Waals surface area (Å²) in [5.41, 5.74) is 5.50. The highest BCUT2D eigenvalue weighted by molar-refractivity contribution is 5.94. The Labute approximate surface area is 231 Å². The molecule has 38 heavy (non-hydrogen) atoms. The molecule has 0 saturated heterocycles. The van der Waals surface area contributed by atoms with Crippen molar-refractivity contribution in [3.63, 3.8) is 0 Å². The van der Waals surface area contributed by atoms with Gasteiger partial charge in [0.05, 0.1) is 0 Å². The molecule has 3 aromatic rings. The highest BCUT2D eigenvalue weighted by Gasteiger charge is 2.18. The van der Waals surface area contributed by atoms with Crippen LogP contribution >= 0.6 is 0 Å². The lowest BCUT2D eigenvalue weighted by atomic mass is 10.0. The van der Waals surface area contributed by atoms with Crippen LogP contribution in [-0.2, 0) is 13.0 Å². The van der Waals surface area contributed by atoms with E-state index in [1.165, 1.54) is 50.5 Å². The largest absolute Gasteiger partial charge is 0.333 e. The zero-order valence-corrected chi connectivity index (χ0v) is 23.9. The molecular weight excluding hydrogens is 466 g/mol. The highest BCUT2D eigenvalue weighted by atomic mass is 16.2. The molecule has 0 unspecified atom stereocenters. The second-order valence-electron chi connectivity index (χ2n) is 10.4. The van der Waals surface area contributed by atoms with Crippen LogP contribution in [0.2, 0.25) is 0 Å². The van der Waals surface area contributed by atoms with Gasteiger partial charge in [-0.2, -0.15) is 0 Å². The van der Waals surface area contributed by atoms with Crippen molar-refractivity contribution in [1.29, 1.82) is 0 Å². The number of nitrogens with zero attached hydrogens (tertiary/aromatic N) is 3. The topological polar surface area (TPSA) is 36.4 Å². The summed E-state index contributed by atoms with van der Waals surface area (Å²) in [5.74, 6) is 0.118. The molecule has 1 aromatic heterocycles. The van der Waals surface area contributed by atoms with E-state index in [-0.39, 0.29) is 5.91 Å². The standard InChI is InChI=1S/C34H47N3O/c1-4-7-10-12-29-14-20-32(21-15-29)34(38)37(26-25-36(23-8-5-2)24-9-6-3)28-30-16-18-31(19-17-30)33-13-11-22-35-27-33/h11,13-22,27H,4-10,12,23-26,28H2,1-3H3. The molecule has 0 saturated carbocycles. The van der Waals surface area contributed by atoms with Gasteiger partial charge < -0.3 is 9.80 Å². The number of pyridine rings is 1. The molecule has 0 spiro atoms. The lowest BCUT2D eigenvalue weighted by Gasteiger charge is -2.28. The normalized spacial score (nSPS) is 11.2. The van der Waals surface area contributed by atoms with Crippen molar-refractivity contribution in [1.82, 2.24) is 14.8 Å². The maximum atomic E-state index is 13.7. The monoisotopic (exact) mass is 513 g/mol. The van der Waals surface area contributed by atoms with Gasteiger partial charge in [0, 0.05) is 37.6 Å². The van der Waals surface area contributed by atoms with Crippen molar-refractivity contribution >= 4 is 5.91 Å². The molecule has 0 aliphatic carbocycles. The first kappa shape index (κ1) is 29.6. The second-order valence-corrected chi connectivity index (χ2v) is 10.4. The fourth-order valence-electron chi connectivity index (χ4n) is 4.75. The third kappa shape index (κ3) is 9.72. The van der Waals surface area contributed by atoms with Crippen LogP contribution in [0.15, 0.2) is 73.1 Å². The summed E-state index contributed by atoms with van der Waals surface area (Å²) in [6.07, 6.45) is 13.2. The second kappa shape index (κ2) is 16.8. The first-order chi connectivity index (χ1) is 18.6. The van der Waals surface area contributed by atoms with E-state index in [1.54, 1.807) is 6.20 Å². The van der Waals surface area contributed by atoms with E-state index >= 15 is 0 Å². The lowest BCUT2D eigenvalue weighted by molar-refractivity contribution is 0.0720. The molecule has 4 heteroatoms. The summed E-state index contributed by atoms with van der Waals surface area (Å²) in [5, 5.41) is 0. The van der Waals surface area contributed by atoms with Gasteiger partial charge >= 0.3 is 0 Å². The Hall–Kier alpha value is -2.98. The average molecular weight is 514 g/mol. The van der Waals surface area contributed by atoms with Crippen LogP contribution in [0.3, 0.4) is 0 Å². The van der Waals surface area contributed by atoms with Crippen molar-refractivity contribution in [3.8, 4) is 11.1 Å². The molecule has 0 aliphatic rings. The summed E-state index contributed by atoms with van der Waals surface area (Å²) < 4.78 is 0. The van der Waals surface area contributed by atoms with E-state index in [0.29, 0.717) is 6.54 Å². The number of aromatic nitrogens is 1. The van der Waals surface area contributed by atoms with Crippen LogP contribution in [0.5, 0.6) is 0 Å². The molecule has 3 rings (SSSR count). The van der Waals surface area contributed by atoms with Crippen LogP contribution in [0.4, 0.5) is 0 Å². The molecule has 0 aliphatic heterocycles. The van der Waals surface area contributed by atoms with E-state index < -0.39 is 0 Å². The first-order valence-corrected chi connectivity index (χ1v) is 14.7. The maximum Gasteiger partial charge on any atom is 0.254 e. The predicted octanol–water partition coefficient (Wildman–Crippen LogP) is 8.03. The van der Waals surface area contributed by atoms with Gasteiger partial charge in [0.15, 0.2) is 0 Å². The van der Waals surface area contributed by atoms with Gasteiger partial charge in [-0.25, -0.2) is 0 Å². The summed E-state index contributed by atoms with van der Waals surface area (Å²) in [6.45, 7) is 11.2. The zero-order valence-electron chi connectivity index (χ0n) is 23.9. The minimum atomic E-state index is 0.118. The molecular formula is C34H47N3O. The van der Waals surface area contributed by atoms with Crippen LogP contribution in [0.1, 0.15) is 87.2 Å². The summed E-state index contributed by atoms with van der Waals surface area (Å²) in [7, 11) is 0. The molecule has 2 aromatic carbocycles. The maximum absolute atomic E-state index is 13.7. The van der Waals surface area contributed by atoms with Crippen LogP contribution in [0.25, 0.3) is 11.1 Å². The number of hydrogen-bond acceptors (Lipinski definition) is 3. The van der Waals surface area contributed by atoms with Gasteiger partial charge in [-0.1, -0.05) is 88.9 Å². The van der Waals surface area contributed by atoms with E-state index in [9.17, 15) is 4.79 Å². The fourth-order valence-corrected chi connectivity index (χ4v) is 4.75. The smallest absolute Gasteiger partial charge is 0.254 e. The average Bonchev–Trinajstić information content (AvgIpc) is 2.97. The molecule has 0 bridgehead atoms. The van der Waals surface area contributed by atoms with Gasteiger partial charge in [-0.15, -0.1) is 0 Å². The fraction of sp³-hybridized carbons (Fsp3) is 0.471. The third-order valence-corrected chi connectivity index (χ3v) is 7.22. The Kier molecular flexibility index (Phi) is 13.1. The van der Waals surface area contributed by atoms with Gasteiger partial charge in [0.1, 0.15) is 0 Å². The van der Waals surface area contributed by atoms with E-state index in [4.69, 9.17) is 0 Å².